The van der Waals surface area contributed by atoms with Crippen LogP contribution in [0, 0.1) is 18.3 Å². The first-order chi connectivity index (χ1) is 14.0. The number of nitriles is 1. The third kappa shape index (κ3) is 5.07. The number of nitrogens with one attached hydrogen (secondary N) is 1. The van der Waals surface area contributed by atoms with E-state index in [4.69, 9.17) is 20.8 Å². The lowest BCUT2D eigenvalue weighted by atomic mass is 10.1. The second-order valence-corrected chi connectivity index (χ2v) is 6.82. The minimum atomic E-state index is -0.490. The fraction of sp³-hybridized carbons (Fsp3) is 0.130. The number of ether oxygens (including phenoxy) is 1. The van der Waals surface area contributed by atoms with Crippen LogP contribution in [0.15, 0.2) is 64.6 Å². The van der Waals surface area contributed by atoms with Crippen LogP contribution in [0.1, 0.15) is 16.9 Å². The highest BCUT2D eigenvalue weighted by atomic mass is 35.5. The standard InChI is InChI=1S/C23H19ClN2O3/c1-15-6-7-17(22(10-15)28-2)14-26-23(27)18(13-25)12-20-8-9-21(29-20)16-4-3-5-19(24)11-16/h3-12H,14H2,1-2H3,(H,26,27). The van der Waals surface area contributed by atoms with E-state index >= 15 is 0 Å². The number of methoxy groups -OCH3 is 1. The van der Waals surface area contributed by atoms with Crippen molar-refractivity contribution in [3.8, 4) is 23.1 Å². The summed E-state index contributed by atoms with van der Waals surface area (Å²) in [5.41, 5.74) is 2.64. The summed E-state index contributed by atoms with van der Waals surface area (Å²) in [5, 5.41) is 12.7. The highest BCUT2D eigenvalue weighted by Crippen LogP contribution is 2.26. The molecule has 29 heavy (non-hydrogen) atoms. The van der Waals surface area contributed by atoms with Crippen molar-refractivity contribution < 1.29 is 13.9 Å². The molecule has 0 radical (unpaired) electrons. The van der Waals surface area contributed by atoms with Crippen LogP contribution in [0.4, 0.5) is 0 Å². The van der Waals surface area contributed by atoms with E-state index in [1.54, 1.807) is 31.4 Å². The lowest BCUT2D eigenvalue weighted by molar-refractivity contribution is -0.117. The second kappa shape index (κ2) is 9.13. The third-order valence-corrected chi connectivity index (χ3v) is 4.50. The number of hydrogen-bond donors (Lipinski definition) is 1. The maximum Gasteiger partial charge on any atom is 0.262 e. The van der Waals surface area contributed by atoms with Gasteiger partial charge in [-0.15, -0.1) is 0 Å². The average Bonchev–Trinajstić information content (AvgIpc) is 3.19. The normalized spacial score (nSPS) is 11.0. The molecule has 1 heterocycles. The molecule has 0 bridgehead atoms. The number of benzene rings is 2. The summed E-state index contributed by atoms with van der Waals surface area (Å²) >= 11 is 6.01. The van der Waals surface area contributed by atoms with Crippen LogP contribution in [0.3, 0.4) is 0 Å². The first-order valence-electron chi connectivity index (χ1n) is 8.89. The molecule has 1 amide bonds. The Morgan fingerprint density at radius 1 is 1.24 bits per heavy atom. The molecule has 0 aliphatic carbocycles. The summed E-state index contributed by atoms with van der Waals surface area (Å²) in [6, 6.07) is 18.3. The van der Waals surface area contributed by atoms with Crippen molar-refractivity contribution in [2.24, 2.45) is 0 Å². The van der Waals surface area contributed by atoms with Crippen molar-refractivity contribution in [1.82, 2.24) is 5.32 Å². The average molecular weight is 407 g/mol. The van der Waals surface area contributed by atoms with Crippen LogP contribution in [-0.4, -0.2) is 13.0 Å². The zero-order valence-corrected chi connectivity index (χ0v) is 16.8. The van der Waals surface area contributed by atoms with Crippen molar-refractivity contribution >= 4 is 23.6 Å². The van der Waals surface area contributed by atoms with E-state index in [1.165, 1.54) is 6.08 Å². The number of amides is 1. The predicted molar refractivity (Wildman–Crippen MR) is 112 cm³/mol. The van der Waals surface area contributed by atoms with Gasteiger partial charge in [0.1, 0.15) is 28.9 Å². The van der Waals surface area contributed by atoms with Crippen molar-refractivity contribution in [3.63, 3.8) is 0 Å². The fourth-order valence-electron chi connectivity index (χ4n) is 2.79. The fourth-order valence-corrected chi connectivity index (χ4v) is 2.98. The number of aryl methyl sites for hydroxylation is 1. The Bertz CT molecular complexity index is 1110. The van der Waals surface area contributed by atoms with Gasteiger partial charge in [0.25, 0.3) is 5.91 Å². The van der Waals surface area contributed by atoms with Crippen LogP contribution in [0.25, 0.3) is 17.4 Å². The topological polar surface area (TPSA) is 75.3 Å². The van der Waals surface area contributed by atoms with E-state index in [9.17, 15) is 10.1 Å². The molecular formula is C23H19ClN2O3. The monoisotopic (exact) mass is 406 g/mol. The van der Waals surface area contributed by atoms with Crippen LogP contribution in [0.2, 0.25) is 5.02 Å². The molecule has 0 aliphatic rings. The molecule has 1 aromatic heterocycles. The number of hydrogen-bond acceptors (Lipinski definition) is 4. The predicted octanol–water partition coefficient (Wildman–Crippen LogP) is 5.14. The van der Waals surface area contributed by atoms with Gasteiger partial charge in [0.2, 0.25) is 0 Å². The Morgan fingerprint density at radius 3 is 2.79 bits per heavy atom. The van der Waals surface area contributed by atoms with Gasteiger partial charge in [-0.1, -0.05) is 35.9 Å². The Kier molecular flexibility index (Phi) is 6.38. The molecule has 1 N–H and O–H groups in total. The van der Waals surface area contributed by atoms with E-state index in [-0.39, 0.29) is 12.1 Å². The van der Waals surface area contributed by atoms with Crippen LogP contribution in [-0.2, 0) is 11.3 Å². The minimum Gasteiger partial charge on any atom is -0.496 e. The van der Waals surface area contributed by atoms with Crippen LogP contribution < -0.4 is 10.1 Å². The summed E-state index contributed by atoms with van der Waals surface area (Å²) in [4.78, 5) is 12.4. The molecular weight excluding hydrogens is 388 g/mol. The van der Waals surface area contributed by atoms with Gasteiger partial charge in [-0.2, -0.15) is 5.26 Å². The zero-order valence-electron chi connectivity index (χ0n) is 16.0. The van der Waals surface area contributed by atoms with Gasteiger partial charge in [0.05, 0.1) is 7.11 Å². The van der Waals surface area contributed by atoms with Crippen molar-refractivity contribution in [1.29, 1.82) is 5.26 Å². The van der Waals surface area contributed by atoms with Crippen LogP contribution >= 0.6 is 11.6 Å². The lowest BCUT2D eigenvalue weighted by Crippen LogP contribution is -2.24. The van der Waals surface area contributed by atoms with E-state index in [0.29, 0.717) is 22.3 Å². The molecule has 0 unspecified atom stereocenters. The van der Waals surface area contributed by atoms with E-state index < -0.39 is 5.91 Å². The van der Waals surface area contributed by atoms with Gasteiger partial charge < -0.3 is 14.5 Å². The molecule has 0 spiro atoms. The third-order valence-electron chi connectivity index (χ3n) is 4.27. The Balaban J connectivity index is 1.73. The molecule has 5 nitrogen and oxygen atoms in total. The van der Waals surface area contributed by atoms with Gasteiger partial charge in [-0.3, -0.25) is 4.79 Å². The Labute approximate surface area is 174 Å². The molecule has 6 heteroatoms. The molecule has 0 fully saturated rings. The smallest absolute Gasteiger partial charge is 0.262 e. The minimum absolute atomic E-state index is 0.0527. The number of rotatable bonds is 6. The molecule has 3 rings (SSSR count). The van der Waals surface area contributed by atoms with Gasteiger partial charge in [0, 0.05) is 28.8 Å². The van der Waals surface area contributed by atoms with Crippen LogP contribution in [0.5, 0.6) is 5.75 Å². The Hall–Kier alpha value is -3.49. The van der Waals surface area contributed by atoms with Gasteiger partial charge in [0.15, 0.2) is 0 Å². The van der Waals surface area contributed by atoms with Crippen molar-refractivity contribution in [3.05, 3.63) is 82.1 Å². The highest BCUT2D eigenvalue weighted by Gasteiger charge is 2.12. The van der Waals surface area contributed by atoms with Crippen molar-refractivity contribution in [2.75, 3.05) is 7.11 Å². The molecule has 0 saturated carbocycles. The summed E-state index contributed by atoms with van der Waals surface area (Å²) in [5.74, 6) is 1.20. The largest absolute Gasteiger partial charge is 0.496 e. The molecule has 0 aliphatic heterocycles. The number of furan rings is 1. The molecule has 2 aromatic carbocycles. The first-order valence-corrected chi connectivity index (χ1v) is 9.27. The number of halogens is 1. The lowest BCUT2D eigenvalue weighted by Gasteiger charge is -2.10. The number of carbonyl (C=O) groups is 1. The SMILES string of the molecule is COc1cc(C)ccc1CNC(=O)C(C#N)=Cc1ccc(-c2cccc(Cl)c2)o1. The first kappa shape index (κ1) is 20.2. The molecule has 0 atom stereocenters. The van der Waals surface area contributed by atoms with Gasteiger partial charge in [-0.25, -0.2) is 0 Å². The number of nitrogens with zero attached hydrogens (tertiary/aromatic N) is 1. The highest BCUT2D eigenvalue weighted by molar-refractivity contribution is 6.30. The quantitative estimate of drug-likeness (QED) is 0.454. The van der Waals surface area contributed by atoms with E-state index in [0.717, 1.165) is 16.7 Å². The Morgan fingerprint density at radius 2 is 2.07 bits per heavy atom. The molecule has 0 saturated heterocycles. The second-order valence-electron chi connectivity index (χ2n) is 6.38. The summed E-state index contributed by atoms with van der Waals surface area (Å²) in [6.07, 6.45) is 1.41. The number of carbonyl (C=O) groups excluding carboxylic acids is 1. The van der Waals surface area contributed by atoms with E-state index in [2.05, 4.69) is 5.32 Å². The molecule has 146 valence electrons. The maximum atomic E-state index is 12.4. The van der Waals surface area contributed by atoms with Crippen molar-refractivity contribution in [2.45, 2.75) is 13.5 Å². The van der Waals surface area contributed by atoms with E-state index in [1.807, 2.05) is 43.3 Å². The summed E-state index contributed by atoms with van der Waals surface area (Å²) < 4.78 is 11.1. The zero-order chi connectivity index (χ0) is 20.8. The molecule has 3 aromatic rings. The van der Waals surface area contributed by atoms with Gasteiger partial charge >= 0.3 is 0 Å². The van der Waals surface area contributed by atoms with Gasteiger partial charge in [-0.05, 0) is 42.8 Å². The maximum absolute atomic E-state index is 12.4. The summed E-state index contributed by atoms with van der Waals surface area (Å²) in [6.45, 7) is 2.20. The summed E-state index contributed by atoms with van der Waals surface area (Å²) in [7, 11) is 1.58.